The number of hydrogen-bond acceptors (Lipinski definition) is 2. The summed E-state index contributed by atoms with van der Waals surface area (Å²) in [5.74, 6) is 1.71. The van der Waals surface area contributed by atoms with E-state index < -0.39 is 0 Å². The fourth-order valence-electron chi connectivity index (χ4n) is 6.64. The van der Waals surface area contributed by atoms with Crippen LogP contribution >= 0.6 is 0 Å². The normalized spacial score (nSPS) is 54.3. The first-order chi connectivity index (χ1) is 10.3. The lowest BCUT2D eigenvalue weighted by Crippen LogP contribution is -2.53. The summed E-state index contributed by atoms with van der Waals surface area (Å²) < 4.78 is 0. The van der Waals surface area contributed by atoms with Crippen LogP contribution in [0.5, 0.6) is 0 Å². The third-order valence-electron chi connectivity index (χ3n) is 8.41. The van der Waals surface area contributed by atoms with E-state index in [1.54, 1.807) is 5.57 Å². The van der Waals surface area contributed by atoms with Gasteiger partial charge >= 0.3 is 0 Å². The molecule has 122 valence electrons. The van der Waals surface area contributed by atoms with Crippen LogP contribution in [0.15, 0.2) is 11.6 Å². The van der Waals surface area contributed by atoms with E-state index >= 15 is 0 Å². The minimum atomic E-state index is -0.114. The van der Waals surface area contributed by atoms with E-state index in [4.69, 9.17) is 0 Å². The number of carbonyl (C=O) groups is 1. The van der Waals surface area contributed by atoms with E-state index in [0.717, 1.165) is 38.5 Å². The Hall–Kier alpha value is -0.630. The van der Waals surface area contributed by atoms with Crippen molar-refractivity contribution < 1.29 is 9.90 Å². The SMILES string of the molecule is C[C@@]12CC[C@H]3C(=CC[C@@]4(C)C(=O)CC[C@H]34)[C@@]1(C)CC[C@H](O)C2. The number of allylic oxidation sites excluding steroid dienone is 2. The molecule has 1 N–H and O–H groups in total. The molecule has 4 rings (SSSR count). The van der Waals surface area contributed by atoms with E-state index in [0.29, 0.717) is 17.6 Å². The van der Waals surface area contributed by atoms with E-state index in [1.807, 2.05) is 0 Å². The highest BCUT2D eigenvalue weighted by Gasteiger charge is 2.60. The third kappa shape index (κ3) is 1.68. The maximum atomic E-state index is 12.4. The van der Waals surface area contributed by atoms with Gasteiger partial charge in [-0.3, -0.25) is 4.79 Å². The van der Waals surface area contributed by atoms with Crippen molar-refractivity contribution in [1.82, 2.24) is 0 Å². The molecule has 0 aromatic heterocycles. The molecule has 0 aliphatic heterocycles. The molecule has 2 heteroatoms. The quantitative estimate of drug-likeness (QED) is 0.679. The largest absolute Gasteiger partial charge is 0.393 e. The van der Waals surface area contributed by atoms with Gasteiger partial charge < -0.3 is 5.11 Å². The van der Waals surface area contributed by atoms with Crippen LogP contribution in [-0.2, 0) is 4.79 Å². The predicted octanol–water partition coefficient (Wildman–Crippen LogP) is 4.27. The summed E-state index contributed by atoms with van der Waals surface area (Å²) in [6.45, 7) is 7.08. The highest BCUT2D eigenvalue weighted by molar-refractivity contribution is 5.87. The number of fused-ring (bicyclic) bond motifs is 5. The van der Waals surface area contributed by atoms with Crippen molar-refractivity contribution in [3.63, 3.8) is 0 Å². The second kappa shape index (κ2) is 4.47. The van der Waals surface area contributed by atoms with Crippen LogP contribution < -0.4 is 0 Å². The zero-order valence-electron chi connectivity index (χ0n) is 14.3. The second-order valence-corrected chi connectivity index (χ2v) is 9.28. The van der Waals surface area contributed by atoms with Gasteiger partial charge in [-0.1, -0.05) is 32.4 Å². The smallest absolute Gasteiger partial charge is 0.139 e. The molecule has 0 aromatic carbocycles. The van der Waals surface area contributed by atoms with E-state index in [2.05, 4.69) is 26.8 Å². The van der Waals surface area contributed by atoms with Crippen molar-refractivity contribution in [2.75, 3.05) is 0 Å². The Kier molecular flexibility index (Phi) is 3.03. The van der Waals surface area contributed by atoms with Crippen molar-refractivity contribution in [3.05, 3.63) is 11.6 Å². The molecule has 0 spiro atoms. The van der Waals surface area contributed by atoms with Gasteiger partial charge in [0.1, 0.15) is 5.78 Å². The number of Topliss-reactive ketones (excluding diaryl/α,β-unsaturated/α-hetero) is 1. The summed E-state index contributed by atoms with van der Waals surface area (Å²) in [4.78, 5) is 12.4. The Balaban J connectivity index is 1.75. The van der Waals surface area contributed by atoms with Crippen LogP contribution in [0.2, 0.25) is 0 Å². The van der Waals surface area contributed by atoms with Crippen molar-refractivity contribution in [2.24, 2.45) is 28.1 Å². The van der Waals surface area contributed by atoms with Crippen molar-refractivity contribution in [3.8, 4) is 0 Å². The topological polar surface area (TPSA) is 37.3 Å². The number of hydrogen-bond donors (Lipinski definition) is 1. The maximum absolute atomic E-state index is 12.4. The molecular weight excluding hydrogens is 272 g/mol. The monoisotopic (exact) mass is 302 g/mol. The summed E-state index contributed by atoms with van der Waals surface area (Å²) in [7, 11) is 0. The van der Waals surface area contributed by atoms with Crippen molar-refractivity contribution >= 4 is 5.78 Å². The minimum Gasteiger partial charge on any atom is -0.393 e. The van der Waals surface area contributed by atoms with E-state index in [9.17, 15) is 9.90 Å². The molecule has 2 nitrogen and oxygen atoms in total. The van der Waals surface area contributed by atoms with Gasteiger partial charge in [0.05, 0.1) is 6.10 Å². The lowest BCUT2D eigenvalue weighted by molar-refractivity contribution is -0.128. The van der Waals surface area contributed by atoms with Crippen molar-refractivity contribution in [2.45, 2.75) is 78.2 Å². The fourth-order valence-corrected chi connectivity index (χ4v) is 6.64. The van der Waals surface area contributed by atoms with Gasteiger partial charge in [-0.15, -0.1) is 0 Å². The van der Waals surface area contributed by atoms with Crippen LogP contribution in [0.1, 0.15) is 72.1 Å². The number of aliphatic hydroxyl groups excluding tert-OH is 1. The van der Waals surface area contributed by atoms with Gasteiger partial charge in [0.2, 0.25) is 0 Å². The summed E-state index contributed by atoms with van der Waals surface area (Å²) in [6.07, 6.45) is 10.6. The molecular formula is C20H30O2. The minimum absolute atomic E-state index is 0.0769. The third-order valence-corrected chi connectivity index (χ3v) is 8.41. The number of aliphatic hydroxyl groups is 1. The van der Waals surface area contributed by atoms with Crippen LogP contribution in [-0.4, -0.2) is 17.0 Å². The molecule has 0 radical (unpaired) electrons. The fraction of sp³-hybridized carbons (Fsp3) is 0.850. The van der Waals surface area contributed by atoms with E-state index in [1.165, 1.54) is 12.8 Å². The molecule has 6 atom stereocenters. The summed E-state index contributed by atoms with van der Waals surface area (Å²) in [6, 6.07) is 0. The van der Waals surface area contributed by atoms with Gasteiger partial charge in [0.25, 0.3) is 0 Å². The molecule has 22 heavy (non-hydrogen) atoms. The van der Waals surface area contributed by atoms with Gasteiger partial charge in [-0.2, -0.15) is 0 Å². The summed E-state index contributed by atoms with van der Waals surface area (Å²) >= 11 is 0. The first-order valence-electron chi connectivity index (χ1n) is 9.22. The van der Waals surface area contributed by atoms with Gasteiger partial charge in [0.15, 0.2) is 0 Å². The van der Waals surface area contributed by atoms with Crippen LogP contribution in [0.3, 0.4) is 0 Å². The zero-order chi connectivity index (χ0) is 15.8. The highest BCUT2D eigenvalue weighted by atomic mass is 16.3. The van der Waals surface area contributed by atoms with Gasteiger partial charge in [0, 0.05) is 11.8 Å². The molecule has 0 aromatic rings. The van der Waals surface area contributed by atoms with Crippen LogP contribution in [0.4, 0.5) is 0 Å². The van der Waals surface area contributed by atoms with Crippen LogP contribution in [0.25, 0.3) is 0 Å². The Morgan fingerprint density at radius 2 is 1.91 bits per heavy atom. The number of carbonyl (C=O) groups excluding carboxylic acids is 1. The lowest BCUT2D eigenvalue weighted by atomic mass is 9.44. The van der Waals surface area contributed by atoms with Gasteiger partial charge in [-0.25, -0.2) is 0 Å². The molecule has 4 aliphatic rings. The summed E-state index contributed by atoms with van der Waals surface area (Å²) in [5.41, 5.74) is 2.06. The highest BCUT2D eigenvalue weighted by Crippen LogP contribution is 2.67. The predicted molar refractivity (Wildman–Crippen MR) is 87.3 cm³/mol. The molecule has 3 saturated carbocycles. The Labute approximate surface area is 134 Å². The maximum Gasteiger partial charge on any atom is 0.139 e. The lowest BCUT2D eigenvalue weighted by Gasteiger charge is -2.61. The molecule has 3 fully saturated rings. The zero-order valence-corrected chi connectivity index (χ0v) is 14.3. The molecule has 0 heterocycles. The molecule has 0 unspecified atom stereocenters. The first kappa shape index (κ1) is 14.9. The Bertz CT molecular complexity index is 550. The van der Waals surface area contributed by atoms with Crippen molar-refractivity contribution in [1.29, 1.82) is 0 Å². The summed E-state index contributed by atoms with van der Waals surface area (Å²) in [5, 5.41) is 10.2. The van der Waals surface area contributed by atoms with Gasteiger partial charge in [-0.05, 0) is 67.6 Å². The molecule has 4 aliphatic carbocycles. The Morgan fingerprint density at radius 1 is 1.14 bits per heavy atom. The molecule has 0 saturated heterocycles. The number of rotatable bonds is 0. The molecule has 0 amide bonds. The van der Waals surface area contributed by atoms with Crippen LogP contribution in [0, 0.1) is 28.1 Å². The van der Waals surface area contributed by atoms with E-state index in [-0.39, 0.29) is 22.3 Å². The standard InChI is InChI=1S/C20H30O2/c1-18-9-7-14-15-4-5-17(22)19(15,2)10-8-16(14)20(18,3)11-6-13(21)12-18/h8,13-15,21H,4-7,9-12H2,1-3H3/t13-,14+,15+,18-,19+,20+/m0/s1. The molecule has 0 bridgehead atoms. The second-order valence-electron chi connectivity index (χ2n) is 9.28. The number of ketones is 1. The average Bonchev–Trinajstić information content (AvgIpc) is 2.76. The first-order valence-corrected chi connectivity index (χ1v) is 9.22. The average molecular weight is 302 g/mol. The Morgan fingerprint density at radius 3 is 2.68 bits per heavy atom.